The Morgan fingerprint density at radius 2 is 1.61 bits per heavy atom. The summed E-state index contributed by atoms with van der Waals surface area (Å²) in [6.45, 7) is 4.02. The van der Waals surface area contributed by atoms with Gasteiger partial charge < -0.3 is 19.5 Å². The van der Waals surface area contributed by atoms with Crippen LogP contribution in [0.1, 0.15) is 18.4 Å². The van der Waals surface area contributed by atoms with E-state index in [0.717, 1.165) is 48.7 Å². The zero-order valence-corrected chi connectivity index (χ0v) is 11.3. The molecule has 0 aliphatic carbocycles. The Morgan fingerprint density at radius 1 is 1.06 bits per heavy atom. The Kier molecular flexibility index (Phi) is 4.31. The van der Waals surface area contributed by atoms with Crippen molar-refractivity contribution in [3.8, 4) is 17.2 Å². The fourth-order valence-electron chi connectivity index (χ4n) is 2.21. The van der Waals surface area contributed by atoms with Crippen molar-refractivity contribution in [2.45, 2.75) is 25.9 Å². The van der Waals surface area contributed by atoms with Gasteiger partial charge in [0.2, 0.25) is 5.75 Å². The summed E-state index contributed by atoms with van der Waals surface area (Å²) in [5.74, 6) is 2.20. The zero-order chi connectivity index (χ0) is 13.0. The van der Waals surface area contributed by atoms with E-state index in [1.165, 1.54) is 0 Å². The van der Waals surface area contributed by atoms with Gasteiger partial charge >= 0.3 is 0 Å². The van der Waals surface area contributed by atoms with Crippen LogP contribution in [0.2, 0.25) is 0 Å². The van der Waals surface area contributed by atoms with Crippen LogP contribution in [-0.4, -0.2) is 33.4 Å². The molecule has 0 radical (unpaired) electrons. The average Bonchev–Trinajstić information content (AvgIpc) is 2.41. The van der Waals surface area contributed by atoms with E-state index in [-0.39, 0.29) is 6.10 Å². The van der Waals surface area contributed by atoms with Gasteiger partial charge in [-0.1, -0.05) is 0 Å². The van der Waals surface area contributed by atoms with Crippen LogP contribution in [0.4, 0.5) is 0 Å². The third-order valence-electron chi connectivity index (χ3n) is 3.18. The van der Waals surface area contributed by atoms with Crippen LogP contribution in [0.3, 0.4) is 0 Å². The topological polar surface area (TPSA) is 39.7 Å². The van der Waals surface area contributed by atoms with Gasteiger partial charge in [0.25, 0.3) is 0 Å². The average molecular weight is 251 g/mol. The minimum atomic E-state index is 0.233. The number of nitrogens with one attached hydrogen (secondary N) is 1. The van der Waals surface area contributed by atoms with Crippen LogP contribution in [-0.2, 0) is 0 Å². The van der Waals surface area contributed by atoms with Crippen molar-refractivity contribution in [3.05, 3.63) is 17.7 Å². The third kappa shape index (κ3) is 2.88. The summed E-state index contributed by atoms with van der Waals surface area (Å²) in [6, 6.07) is 3.94. The Hall–Kier alpha value is -1.42. The Labute approximate surface area is 108 Å². The number of aryl methyl sites for hydroxylation is 1. The summed E-state index contributed by atoms with van der Waals surface area (Å²) < 4.78 is 16.8. The highest BCUT2D eigenvalue weighted by molar-refractivity contribution is 5.53. The lowest BCUT2D eigenvalue weighted by Gasteiger charge is -2.25. The fourth-order valence-corrected chi connectivity index (χ4v) is 2.21. The minimum absolute atomic E-state index is 0.233. The Morgan fingerprint density at radius 3 is 2.11 bits per heavy atom. The summed E-state index contributed by atoms with van der Waals surface area (Å²) in [6.07, 6.45) is 2.26. The summed E-state index contributed by atoms with van der Waals surface area (Å²) >= 11 is 0. The highest BCUT2D eigenvalue weighted by atomic mass is 16.5. The second kappa shape index (κ2) is 5.96. The van der Waals surface area contributed by atoms with Crippen molar-refractivity contribution in [2.75, 3.05) is 27.3 Å². The Balaban J connectivity index is 2.23. The maximum atomic E-state index is 6.06. The molecular formula is C14H21NO3. The SMILES string of the molecule is COc1cc(C)cc(OC)c1OC1CCNCC1. The summed E-state index contributed by atoms with van der Waals surface area (Å²) in [4.78, 5) is 0. The molecule has 0 saturated carbocycles. The van der Waals surface area contributed by atoms with Gasteiger partial charge in [0.15, 0.2) is 11.5 Å². The molecule has 0 amide bonds. The molecule has 1 fully saturated rings. The fraction of sp³-hybridized carbons (Fsp3) is 0.571. The van der Waals surface area contributed by atoms with Crippen molar-refractivity contribution in [1.29, 1.82) is 0 Å². The molecule has 4 heteroatoms. The first-order valence-electron chi connectivity index (χ1n) is 6.34. The number of hydrogen-bond acceptors (Lipinski definition) is 4. The molecule has 2 rings (SSSR count). The van der Waals surface area contributed by atoms with Crippen LogP contribution in [0.25, 0.3) is 0 Å². The second-order valence-electron chi connectivity index (χ2n) is 4.57. The van der Waals surface area contributed by atoms with Crippen molar-refractivity contribution < 1.29 is 14.2 Å². The quantitative estimate of drug-likeness (QED) is 0.890. The Bertz CT molecular complexity index is 375. The first kappa shape index (κ1) is 13.0. The molecule has 0 spiro atoms. The molecular weight excluding hydrogens is 230 g/mol. The molecule has 1 N–H and O–H groups in total. The molecule has 1 aliphatic heterocycles. The third-order valence-corrected chi connectivity index (χ3v) is 3.18. The van der Waals surface area contributed by atoms with Gasteiger partial charge in [-0.15, -0.1) is 0 Å². The minimum Gasteiger partial charge on any atom is -0.493 e. The van der Waals surface area contributed by atoms with Gasteiger partial charge in [-0.2, -0.15) is 0 Å². The van der Waals surface area contributed by atoms with Crippen molar-refractivity contribution in [1.82, 2.24) is 5.32 Å². The summed E-state index contributed by atoms with van der Waals surface area (Å²) in [7, 11) is 3.31. The molecule has 100 valence electrons. The normalized spacial score (nSPS) is 16.4. The molecule has 1 aromatic carbocycles. The van der Waals surface area contributed by atoms with E-state index in [9.17, 15) is 0 Å². The lowest BCUT2D eigenvalue weighted by molar-refractivity contribution is 0.150. The zero-order valence-electron chi connectivity index (χ0n) is 11.3. The van der Waals surface area contributed by atoms with Crippen LogP contribution < -0.4 is 19.5 Å². The number of piperidine rings is 1. The highest BCUT2D eigenvalue weighted by Gasteiger charge is 2.20. The molecule has 0 atom stereocenters. The molecule has 1 saturated heterocycles. The molecule has 1 heterocycles. The predicted octanol–water partition coefficient (Wildman–Crippen LogP) is 2.14. The van der Waals surface area contributed by atoms with Gasteiger partial charge in [-0.05, 0) is 50.6 Å². The summed E-state index contributed by atoms with van der Waals surface area (Å²) in [5.41, 5.74) is 1.10. The lowest BCUT2D eigenvalue weighted by atomic mass is 10.1. The van der Waals surface area contributed by atoms with E-state index in [4.69, 9.17) is 14.2 Å². The number of hydrogen-bond donors (Lipinski definition) is 1. The van der Waals surface area contributed by atoms with E-state index in [1.807, 2.05) is 19.1 Å². The van der Waals surface area contributed by atoms with E-state index in [1.54, 1.807) is 14.2 Å². The molecule has 0 bridgehead atoms. The molecule has 1 aliphatic rings. The summed E-state index contributed by atoms with van der Waals surface area (Å²) in [5, 5.41) is 3.32. The number of ether oxygens (including phenoxy) is 3. The van der Waals surface area contributed by atoms with Crippen molar-refractivity contribution in [3.63, 3.8) is 0 Å². The van der Waals surface area contributed by atoms with Crippen molar-refractivity contribution in [2.24, 2.45) is 0 Å². The smallest absolute Gasteiger partial charge is 0.203 e. The monoisotopic (exact) mass is 251 g/mol. The highest BCUT2D eigenvalue weighted by Crippen LogP contribution is 2.39. The first-order valence-corrected chi connectivity index (χ1v) is 6.34. The van der Waals surface area contributed by atoms with Crippen LogP contribution in [0.5, 0.6) is 17.2 Å². The molecule has 0 aromatic heterocycles. The van der Waals surface area contributed by atoms with E-state index in [2.05, 4.69) is 5.32 Å². The van der Waals surface area contributed by atoms with Crippen molar-refractivity contribution >= 4 is 0 Å². The van der Waals surface area contributed by atoms with Gasteiger partial charge in [0, 0.05) is 0 Å². The number of benzene rings is 1. The maximum absolute atomic E-state index is 6.06. The first-order chi connectivity index (χ1) is 8.74. The number of rotatable bonds is 4. The van der Waals surface area contributed by atoms with Gasteiger partial charge in [0.05, 0.1) is 14.2 Å². The predicted molar refractivity (Wildman–Crippen MR) is 70.8 cm³/mol. The van der Waals surface area contributed by atoms with E-state index < -0.39 is 0 Å². The maximum Gasteiger partial charge on any atom is 0.203 e. The molecule has 1 aromatic rings. The molecule has 18 heavy (non-hydrogen) atoms. The second-order valence-corrected chi connectivity index (χ2v) is 4.57. The van der Waals surface area contributed by atoms with Crippen LogP contribution >= 0.6 is 0 Å². The standard InChI is InChI=1S/C14H21NO3/c1-10-8-12(16-2)14(13(9-10)17-3)18-11-4-6-15-7-5-11/h8-9,11,15H,4-7H2,1-3H3. The van der Waals surface area contributed by atoms with Gasteiger partial charge in [-0.25, -0.2) is 0 Å². The van der Waals surface area contributed by atoms with Gasteiger partial charge in [-0.3, -0.25) is 0 Å². The number of methoxy groups -OCH3 is 2. The van der Waals surface area contributed by atoms with E-state index in [0.29, 0.717) is 0 Å². The largest absolute Gasteiger partial charge is 0.493 e. The lowest BCUT2D eigenvalue weighted by Crippen LogP contribution is -2.34. The molecule has 0 unspecified atom stereocenters. The van der Waals surface area contributed by atoms with Crippen LogP contribution in [0, 0.1) is 6.92 Å². The van der Waals surface area contributed by atoms with Gasteiger partial charge in [0.1, 0.15) is 6.10 Å². The molecule has 4 nitrogen and oxygen atoms in total. The van der Waals surface area contributed by atoms with Crippen LogP contribution in [0.15, 0.2) is 12.1 Å². The van der Waals surface area contributed by atoms with E-state index >= 15 is 0 Å².